The van der Waals surface area contributed by atoms with Crippen molar-refractivity contribution in [1.29, 1.82) is 0 Å². The second-order valence-corrected chi connectivity index (χ2v) is 6.00. The van der Waals surface area contributed by atoms with Crippen molar-refractivity contribution in [2.45, 2.75) is 26.3 Å². The first-order valence-electron chi connectivity index (χ1n) is 6.87. The van der Waals surface area contributed by atoms with Crippen LogP contribution in [0.5, 0.6) is 0 Å². The predicted octanol–water partition coefficient (Wildman–Crippen LogP) is 4.83. The highest BCUT2D eigenvalue weighted by Gasteiger charge is 2.17. The van der Waals surface area contributed by atoms with E-state index in [0.717, 1.165) is 18.5 Å². The Bertz CT molecular complexity index is 583. The Morgan fingerprint density at radius 3 is 2.65 bits per heavy atom. The van der Waals surface area contributed by atoms with E-state index in [4.69, 9.17) is 0 Å². The van der Waals surface area contributed by atoms with Gasteiger partial charge in [-0.1, -0.05) is 37.3 Å². The van der Waals surface area contributed by atoms with Crippen molar-refractivity contribution in [1.82, 2.24) is 5.32 Å². The highest BCUT2D eigenvalue weighted by atomic mass is 127. The SMILES string of the molecule is CCCNC(c1cccc(F)c1)c1cccc(C)c1I. The number of nitrogens with one attached hydrogen (secondary N) is 1. The predicted molar refractivity (Wildman–Crippen MR) is 90.4 cm³/mol. The van der Waals surface area contributed by atoms with Crippen LogP contribution in [0.25, 0.3) is 0 Å². The first-order chi connectivity index (χ1) is 9.63. The van der Waals surface area contributed by atoms with Crippen LogP contribution in [0.3, 0.4) is 0 Å². The molecule has 0 amide bonds. The van der Waals surface area contributed by atoms with Crippen LogP contribution < -0.4 is 5.32 Å². The molecule has 0 aliphatic carbocycles. The molecule has 0 spiro atoms. The third-order valence-electron chi connectivity index (χ3n) is 3.31. The molecule has 2 aromatic rings. The van der Waals surface area contributed by atoms with Gasteiger partial charge in [-0.05, 0) is 71.3 Å². The van der Waals surface area contributed by atoms with Crippen molar-refractivity contribution >= 4 is 22.6 Å². The summed E-state index contributed by atoms with van der Waals surface area (Å²) in [5, 5.41) is 3.53. The molecular weight excluding hydrogens is 364 g/mol. The van der Waals surface area contributed by atoms with Crippen LogP contribution in [0.2, 0.25) is 0 Å². The lowest BCUT2D eigenvalue weighted by atomic mass is 9.97. The topological polar surface area (TPSA) is 12.0 Å². The molecule has 0 aromatic heterocycles. The number of benzene rings is 2. The fourth-order valence-corrected chi connectivity index (χ4v) is 2.95. The monoisotopic (exact) mass is 383 g/mol. The molecular formula is C17H19FIN. The van der Waals surface area contributed by atoms with Crippen molar-refractivity contribution < 1.29 is 4.39 Å². The minimum atomic E-state index is -0.187. The molecule has 0 saturated heterocycles. The summed E-state index contributed by atoms with van der Waals surface area (Å²) in [5.74, 6) is -0.187. The molecule has 1 atom stereocenters. The van der Waals surface area contributed by atoms with Gasteiger partial charge in [0.05, 0.1) is 6.04 Å². The molecule has 2 rings (SSSR count). The molecule has 1 N–H and O–H groups in total. The molecule has 106 valence electrons. The van der Waals surface area contributed by atoms with Gasteiger partial charge in [-0.15, -0.1) is 0 Å². The largest absolute Gasteiger partial charge is 0.306 e. The second kappa shape index (κ2) is 7.18. The van der Waals surface area contributed by atoms with Gasteiger partial charge in [0.2, 0.25) is 0 Å². The highest BCUT2D eigenvalue weighted by molar-refractivity contribution is 14.1. The summed E-state index contributed by atoms with van der Waals surface area (Å²) in [7, 11) is 0. The zero-order chi connectivity index (χ0) is 14.5. The standard InChI is InChI=1S/C17H19FIN/c1-3-10-20-17(13-7-5-8-14(18)11-13)15-9-4-6-12(2)16(15)19/h4-9,11,17,20H,3,10H2,1-2H3. The Kier molecular flexibility index (Phi) is 5.54. The van der Waals surface area contributed by atoms with Crippen LogP contribution in [0.15, 0.2) is 42.5 Å². The van der Waals surface area contributed by atoms with E-state index < -0.39 is 0 Å². The molecule has 0 bridgehead atoms. The van der Waals surface area contributed by atoms with Gasteiger partial charge in [0.25, 0.3) is 0 Å². The molecule has 0 saturated carbocycles. The average molecular weight is 383 g/mol. The van der Waals surface area contributed by atoms with E-state index in [9.17, 15) is 4.39 Å². The van der Waals surface area contributed by atoms with Gasteiger partial charge in [0.15, 0.2) is 0 Å². The highest BCUT2D eigenvalue weighted by Crippen LogP contribution is 2.28. The summed E-state index contributed by atoms with van der Waals surface area (Å²) < 4.78 is 14.8. The first-order valence-corrected chi connectivity index (χ1v) is 7.95. The Balaban J connectivity index is 2.44. The fraction of sp³-hybridized carbons (Fsp3) is 0.294. The van der Waals surface area contributed by atoms with Crippen molar-refractivity contribution in [2.75, 3.05) is 6.54 Å². The Labute approximate surface area is 133 Å². The maximum absolute atomic E-state index is 13.5. The van der Waals surface area contributed by atoms with E-state index in [1.165, 1.54) is 20.8 Å². The second-order valence-electron chi connectivity index (χ2n) is 4.92. The van der Waals surface area contributed by atoms with Gasteiger partial charge >= 0.3 is 0 Å². The molecule has 3 heteroatoms. The molecule has 20 heavy (non-hydrogen) atoms. The van der Waals surface area contributed by atoms with Crippen molar-refractivity contribution in [3.63, 3.8) is 0 Å². The fourth-order valence-electron chi connectivity index (χ4n) is 2.28. The zero-order valence-electron chi connectivity index (χ0n) is 11.8. The Morgan fingerprint density at radius 2 is 1.95 bits per heavy atom. The summed E-state index contributed by atoms with van der Waals surface area (Å²) in [4.78, 5) is 0. The van der Waals surface area contributed by atoms with Gasteiger partial charge < -0.3 is 5.32 Å². The molecule has 0 aliphatic rings. The summed E-state index contributed by atoms with van der Waals surface area (Å²) in [6.45, 7) is 5.15. The van der Waals surface area contributed by atoms with Crippen LogP contribution in [-0.2, 0) is 0 Å². The molecule has 0 fully saturated rings. The maximum atomic E-state index is 13.5. The Hall–Kier alpha value is -0.940. The summed E-state index contributed by atoms with van der Waals surface area (Å²) in [6.07, 6.45) is 1.05. The molecule has 0 radical (unpaired) electrons. The van der Waals surface area contributed by atoms with Gasteiger partial charge in [-0.3, -0.25) is 0 Å². The third-order valence-corrected chi connectivity index (χ3v) is 4.79. The molecule has 2 aromatic carbocycles. The van der Waals surface area contributed by atoms with Gasteiger partial charge in [0.1, 0.15) is 5.82 Å². The molecule has 0 heterocycles. The van der Waals surface area contributed by atoms with E-state index in [2.05, 4.69) is 60.0 Å². The van der Waals surface area contributed by atoms with E-state index >= 15 is 0 Å². The normalized spacial score (nSPS) is 12.4. The van der Waals surface area contributed by atoms with Crippen LogP contribution in [0.4, 0.5) is 4.39 Å². The number of rotatable bonds is 5. The summed E-state index contributed by atoms with van der Waals surface area (Å²) >= 11 is 2.37. The van der Waals surface area contributed by atoms with E-state index in [1.807, 2.05) is 6.07 Å². The van der Waals surface area contributed by atoms with Crippen molar-refractivity contribution in [2.24, 2.45) is 0 Å². The van der Waals surface area contributed by atoms with E-state index in [-0.39, 0.29) is 11.9 Å². The van der Waals surface area contributed by atoms with Crippen LogP contribution in [-0.4, -0.2) is 6.54 Å². The number of aryl methyl sites for hydroxylation is 1. The third kappa shape index (κ3) is 3.58. The first kappa shape index (κ1) is 15.4. The van der Waals surface area contributed by atoms with Crippen LogP contribution in [0.1, 0.15) is 36.1 Å². The summed E-state index contributed by atoms with van der Waals surface area (Å²) in [5.41, 5.74) is 3.44. The quantitative estimate of drug-likeness (QED) is 0.730. The van der Waals surface area contributed by atoms with E-state index in [1.54, 1.807) is 12.1 Å². The van der Waals surface area contributed by atoms with E-state index in [0.29, 0.717) is 0 Å². The van der Waals surface area contributed by atoms with Gasteiger partial charge in [-0.25, -0.2) is 4.39 Å². The molecule has 1 unspecified atom stereocenters. The summed E-state index contributed by atoms with van der Waals surface area (Å²) in [6, 6.07) is 13.2. The number of hydrogen-bond donors (Lipinski definition) is 1. The molecule has 1 nitrogen and oxygen atoms in total. The lowest BCUT2D eigenvalue weighted by Gasteiger charge is -2.22. The van der Waals surface area contributed by atoms with Crippen LogP contribution >= 0.6 is 22.6 Å². The Morgan fingerprint density at radius 1 is 1.20 bits per heavy atom. The average Bonchev–Trinajstić information content (AvgIpc) is 2.44. The molecule has 0 aliphatic heterocycles. The lowest BCUT2D eigenvalue weighted by Crippen LogP contribution is -2.24. The minimum Gasteiger partial charge on any atom is -0.306 e. The smallest absolute Gasteiger partial charge is 0.123 e. The maximum Gasteiger partial charge on any atom is 0.123 e. The minimum absolute atomic E-state index is 0.0393. The van der Waals surface area contributed by atoms with Gasteiger partial charge in [0, 0.05) is 3.57 Å². The lowest BCUT2D eigenvalue weighted by molar-refractivity contribution is 0.584. The van der Waals surface area contributed by atoms with Crippen LogP contribution in [0, 0.1) is 16.3 Å². The number of hydrogen-bond acceptors (Lipinski definition) is 1. The van der Waals surface area contributed by atoms with Gasteiger partial charge in [-0.2, -0.15) is 0 Å². The van der Waals surface area contributed by atoms with Crippen molar-refractivity contribution in [3.05, 3.63) is 68.5 Å². The van der Waals surface area contributed by atoms with Crippen molar-refractivity contribution in [3.8, 4) is 0 Å². The number of halogens is 2. The zero-order valence-corrected chi connectivity index (χ0v) is 13.9.